The number of carboxylic acid groups (broad SMARTS) is 1. The fraction of sp³-hybridized carbons (Fsp3) is 0.227. The summed E-state index contributed by atoms with van der Waals surface area (Å²) in [5.74, 6) is 4.87. The van der Waals surface area contributed by atoms with E-state index in [9.17, 15) is 14.4 Å². The number of aliphatic carboxylic acids is 1. The van der Waals surface area contributed by atoms with Gasteiger partial charge in [0.15, 0.2) is 5.78 Å². The van der Waals surface area contributed by atoms with E-state index < -0.39 is 18.2 Å². The van der Waals surface area contributed by atoms with Crippen LogP contribution in [-0.4, -0.2) is 29.5 Å². The lowest BCUT2D eigenvalue weighted by Gasteiger charge is -2.22. The zero-order valence-corrected chi connectivity index (χ0v) is 15.1. The molecule has 1 amide bonds. The Kier molecular flexibility index (Phi) is 6.07. The molecule has 2 N–H and O–H groups in total. The van der Waals surface area contributed by atoms with E-state index in [1.54, 1.807) is 0 Å². The number of nitrogens with one attached hydrogen (secondary N) is 1. The number of rotatable bonds is 6. The average Bonchev–Trinajstić information content (AvgIpc) is 2.68. The predicted molar refractivity (Wildman–Crippen MR) is 102 cm³/mol. The van der Waals surface area contributed by atoms with Crippen LogP contribution in [0.1, 0.15) is 41.2 Å². The van der Waals surface area contributed by atoms with Gasteiger partial charge in [-0.3, -0.25) is 9.59 Å². The zero-order valence-electron chi connectivity index (χ0n) is 15.1. The molecular formula is C22H19NO5. The molecule has 2 aromatic rings. The second kappa shape index (κ2) is 8.87. The number of carboxylic acids is 1. The van der Waals surface area contributed by atoms with E-state index in [0.717, 1.165) is 22.3 Å². The summed E-state index contributed by atoms with van der Waals surface area (Å²) >= 11 is 0. The third kappa shape index (κ3) is 4.98. The van der Waals surface area contributed by atoms with Gasteiger partial charge in [-0.25, -0.2) is 4.79 Å². The molecule has 3 rings (SSSR count). The normalized spacial score (nSPS) is 14.2. The molecule has 2 aromatic carbocycles. The minimum absolute atomic E-state index is 0.134. The maximum Gasteiger partial charge on any atom is 0.408 e. The van der Waals surface area contributed by atoms with E-state index in [2.05, 4.69) is 17.2 Å². The first kappa shape index (κ1) is 19.2. The number of ether oxygens (including phenoxy) is 1. The van der Waals surface area contributed by atoms with Gasteiger partial charge in [-0.1, -0.05) is 48.2 Å². The van der Waals surface area contributed by atoms with Crippen molar-refractivity contribution in [1.29, 1.82) is 0 Å². The SMILES string of the molecule is O=C(O)CCC(=O)CNC(=O)OC1Cc2ccccc2C#Cc2ccccc21. The summed E-state index contributed by atoms with van der Waals surface area (Å²) in [6, 6.07) is 15.2. The summed E-state index contributed by atoms with van der Waals surface area (Å²) in [7, 11) is 0. The Balaban J connectivity index is 1.72. The van der Waals surface area contributed by atoms with Crippen LogP contribution in [0.2, 0.25) is 0 Å². The highest BCUT2D eigenvalue weighted by atomic mass is 16.6. The number of benzene rings is 2. The Morgan fingerprint density at radius 3 is 2.46 bits per heavy atom. The topological polar surface area (TPSA) is 92.7 Å². The largest absolute Gasteiger partial charge is 0.481 e. The molecule has 0 aliphatic heterocycles. The fourth-order valence-electron chi connectivity index (χ4n) is 2.94. The Bertz CT molecular complexity index is 970. The van der Waals surface area contributed by atoms with Gasteiger partial charge in [0.25, 0.3) is 0 Å². The van der Waals surface area contributed by atoms with Crippen LogP contribution in [0, 0.1) is 11.8 Å². The average molecular weight is 377 g/mol. The molecule has 1 aliphatic rings. The predicted octanol–water partition coefficient (Wildman–Crippen LogP) is 2.84. The van der Waals surface area contributed by atoms with E-state index >= 15 is 0 Å². The van der Waals surface area contributed by atoms with Crippen molar-refractivity contribution in [2.24, 2.45) is 0 Å². The van der Waals surface area contributed by atoms with E-state index in [0.29, 0.717) is 6.42 Å². The lowest BCUT2D eigenvalue weighted by molar-refractivity contribution is -0.138. The van der Waals surface area contributed by atoms with Gasteiger partial charge in [0, 0.05) is 29.5 Å². The summed E-state index contributed by atoms with van der Waals surface area (Å²) in [5.41, 5.74) is 3.44. The van der Waals surface area contributed by atoms with Crippen LogP contribution < -0.4 is 5.32 Å². The van der Waals surface area contributed by atoms with Crippen molar-refractivity contribution in [2.45, 2.75) is 25.4 Å². The molecule has 0 saturated carbocycles. The number of hydrogen-bond acceptors (Lipinski definition) is 4. The summed E-state index contributed by atoms with van der Waals surface area (Å²) in [6.45, 7) is -0.267. The van der Waals surface area contributed by atoms with E-state index in [1.807, 2.05) is 48.5 Å². The number of amides is 1. The summed E-state index contributed by atoms with van der Waals surface area (Å²) < 4.78 is 5.60. The van der Waals surface area contributed by atoms with Crippen LogP contribution in [0.5, 0.6) is 0 Å². The highest BCUT2D eigenvalue weighted by Crippen LogP contribution is 2.28. The van der Waals surface area contributed by atoms with Crippen LogP contribution in [0.15, 0.2) is 48.5 Å². The van der Waals surface area contributed by atoms with Crippen molar-refractivity contribution >= 4 is 17.8 Å². The van der Waals surface area contributed by atoms with Crippen molar-refractivity contribution in [3.8, 4) is 11.8 Å². The number of Topliss-reactive ketones (excluding diaryl/α,β-unsaturated/α-hetero) is 1. The molecule has 0 heterocycles. The maximum absolute atomic E-state index is 12.2. The zero-order chi connectivity index (χ0) is 19.9. The van der Waals surface area contributed by atoms with Crippen LogP contribution in [-0.2, 0) is 20.7 Å². The van der Waals surface area contributed by atoms with Crippen molar-refractivity contribution in [3.05, 3.63) is 70.8 Å². The summed E-state index contributed by atoms with van der Waals surface area (Å²) in [4.78, 5) is 34.4. The summed E-state index contributed by atoms with van der Waals surface area (Å²) in [5, 5.41) is 11.0. The van der Waals surface area contributed by atoms with Gasteiger partial charge >= 0.3 is 12.1 Å². The van der Waals surface area contributed by atoms with Crippen molar-refractivity contribution < 1.29 is 24.2 Å². The molecule has 1 atom stereocenters. The molecule has 0 bridgehead atoms. The van der Waals surface area contributed by atoms with Gasteiger partial charge in [0.1, 0.15) is 6.10 Å². The number of alkyl carbamates (subject to hydrolysis) is 1. The highest BCUT2D eigenvalue weighted by molar-refractivity contribution is 5.86. The molecule has 0 aromatic heterocycles. The van der Waals surface area contributed by atoms with Crippen LogP contribution in [0.4, 0.5) is 4.79 Å². The maximum atomic E-state index is 12.2. The van der Waals surface area contributed by atoms with Gasteiger partial charge in [0.05, 0.1) is 13.0 Å². The van der Waals surface area contributed by atoms with E-state index in [4.69, 9.17) is 9.84 Å². The van der Waals surface area contributed by atoms with E-state index in [1.165, 1.54) is 0 Å². The van der Waals surface area contributed by atoms with Gasteiger partial charge in [-0.15, -0.1) is 0 Å². The molecule has 1 aliphatic carbocycles. The highest BCUT2D eigenvalue weighted by Gasteiger charge is 2.22. The Morgan fingerprint density at radius 1 is 1.00 bits per heavy atom. The van der Waals surface area contributed by atoms with Gasteiger partial charge < -0.3 is 15.2 Å². The second-order valence-electron chi connectivity index (χ2n) is 6.38. The second-order valence-corrected chi connectivity index (χ2v) is 6.38. The quantitative estimate of drug-likeness (QED) is 0.755. The van der Waals surface area contributed by atoms with Gasteiger partial charge in [-0.2, -0.15) is 0 Å². The van der Waals surface area contributed by atoms with Crippen LogP contribution in [0.3, 0.4) is 0 Å². The van der Waals surface area contributed by atoms with Crippen molar-refractivity contribution in [3.63, 3.8) is 0 Å². The molecular weight excluding hydrogens is 358 g/mol. The molecule has 6 nitrogen and oxygen atoms in total. The van der Waals surface area contributed by atoms with E-state index in [-0.39, 0.29) is 25.2 Å². The van der Waals surface area contributed by atoms with Crippen molar-refractivity contribution in [2.75, 3.05) is 6.54 Å². The van der Waals surface area contributed by atoms with Crippen LogP contribution >= 0.6 is 0 Å². The molecule has 0 radical (unpaired) electrons. The summed E-state index contributed by atoms with van der Waals surface area (Å²) in [6.07, 6.45) is -1.22. The van der Waals surface area contributed by atoms with Crippen molar-refractivity contribution in [1.82, 2.24) is 5.32 Å². The number of hydrogen-bond donors (Lipinski definition) is 2. The molecule has 6 heteroatoms. The monoisotopic (exact) mass is 377 g/mol. The number of ketones is 1. The Morgan fingerprint density at radius 2 is 1.68 bits per heavy atom. The first-order chi connectivity index (χ1) is 13.5. The molecule has 1 unspecified atom stereocenters. The third-order valence-electron chi connectivity index (χ3n) is 4.36. The Hall–Kier alpha value is -3.59. The molecule has 0 spiro atoms. The smallest absolute Gasteiger partial charge is 0.408 e. The van der Waals surface area contributed by atoms with Crippen LogP contribution in [0.25, 0.3) is 0 Å². The molecule has 28 heavy (non-hydrogen) atoms. The lowest BCUT2D eigenvalue weighted by atomic mass is 9.92. The number of carbonyl (C=O) groups excluding carboxylic acids is 2. The van der Waals surface area contributed by atoms with Gasteiger partial charge in [-0.05, 0) is 17.7 Å². The fourth-order valence-corrected chi connectivity index (χ4v) is 2.94. The first-order valence-corrected chi connectivity index (χ1v) is 8.90. The number of carbonyl (C=O) groups is 3. The molecule has 0 saturated heterocycles. The van der Waals surface area contributed by atoms with Gasteiger partial charge in [0.2, 0.25) is 0 Å². The minimum atomic E-state index is -1.05. The minimum Gasteiger partial charge on any atom is -0.481 e. The lowest BCUT2D eigenvalue weighted by Crippen LogP contribution is -2.32. The standard InChI is InChI=1S/C22H19NO5/c24-18(11-12-21(25)26)14-23-22(27)28-20-13-17-7-2-1-5-15(17)9-10-16-6-3-4-8-19(16)20/h1-8,20H,11-14H2,(H,23,27)(H,25,26). The molecule has 0 fully saturated rings. The number of fused-ring (bicyclic) bond motifs is 2. The first-order valence-electron chi connectivity index (χ1n) is 8.90. The Labute approximate surface area is 162 Å². The third-order valence-corrected chi connectivity index (χ3v) is 4.36. The molecule has 142 valence electrons.